The van der Waals surface area contributed by atoms with Gasteiger partial charge in [-0.1, -0.05) is 11.8 Å². The molecule has 0 saturated carbocycles. The molecule has 0 aliphatic rings. The highest BCUT2D eigenvalue weighted by Crippen LogP contribution is 2.32. The number of benzene rings is 1. The zero-order valence-electron chi connectivity index (χ0n) is 7.18. The Morgan fingerprint density at radius 1 is 1.13 bits per heavy atom. The van der Waals surface area contributed by atoms with E-state index in [2.05, 4.69) is 0 Å². The number of alkyl halides is 4. The van der Waals surface area contributed by atoms with Crippen LogP contribution in [-0.2, 0) is 0 Å². The molecule has 0 aromatic heterocycles. The minimum absolute atomic E-state index is 0.481. The predicted octanol–water partition coefficient (Wildman–Crippen LogP) is 2.51. The van der Waals surface area contributed by atoms with Gasteiger partial charge in [0.2, 0.25) is 0 Å². The highest BCUT2D eigenvalue weighted by Gasteiger charge is 2.17. The Hall–Kier alpha value is -1.77. The highest BCUT2D eigenvalue weighted by atomic mass is 19.3. The summed E-state index contributed by atoms with van der Waals surface area (Å²) in [6.45, 7) is 0. The Morgan fingerprint density at radius 2 is 1.73 bits per heavy atom. The molecule has 1 aromatic rings. The van der Waals surface area contributed by atoms with Gasteiger partial charge >= 0.3 is 0 Å². The first-order valence-electron chi connectivity index (χ1n) is 3.78. The summed E-state index contributed by atoms with van der Waals surface area (Å²) in [5.74, 6) is -1.11. The van der Waals surface area contributed by atoms with Crippen molar-refractivity contribution in [1.29, 1.82) is 5.26 Å². The largest absolute Gasteiger partial charge is 0.872 e. The molecule has 0 saturated heterocycles. The molecule has 0 fully saturated rings. The zero-order chi connectivity index (χ0) is 11.6. The lowest BCUT2D eigenvalue weighted by molar-refractivity contribution is -0.269. The Bertz CT molecular complexity index is 411. The fourth-order valence-electron chi connectivity index (χ4n) is 1.08. The van der Waals surface area contributed by atoms with E-state index in [1.165, 1.54) is 6.07 Å². The fraction of sp³-hybridized carbons (Fsp3) is 0.222. The van der Waals surface area contributed by atoms with E-state index in [0.29, 0.717) is 12.1 Å². The third-order valence-corrected chi connectivity index (χ3v) is 1.75. The standard InChI is InChI=1S/C9H5F4NO/c10-8(11)4-1-5(9(12)13)6(3-14)7(15)2-4/h1-2,8-9,15H/p-1. The first kappa shape index (κ1) is 11.3. The molecule has 0 radical (unpaired) electrons. The summed E-state index contributed by atoms with van der Waals surface area (Å²) in [6.07, 6.45) is -6.13. The van der Waals surface area contributed by atoms with E-state index in [0.717, 1.165) is 0 Å². The number of nitriles is 1. The smallest absolute Gasteiger partial charge is 0.265 e. The third-order valence-electron chi connectivity index (χ3n) is 1.75. The van der Waals surface area contributed by atoms with Crippen molar-refractivity contribution < 1.29 is 22.7 Å². The van der Waals surface area contributed by atoms with Crippen LogP contribution in [0.4, 0.5) is 17.6 Å². The van der Waals surface area contributed by atoms with Crippen molar-refractivity contribution in [1.82, 2.24) is 0 Å². The molecule has 1 aromatic carbocycles. The molecule has 0 spiro atoms. The van der Waals surface area contributed by atoms with Gasteiger partial charge in [0.15, 0.2) is 0 Å². The van der Waals surface area contributed by atoms with E-state index in [4.69, 9.17) is 5.26 Å². The summed E-state index contributed by atoms with van der Waals surface area (Å²) in [4.78, 5) is 0. The van der Waals surface area contributed by atoms with Crippen LogP contribution in [0.1, 0.15) is 29.5 Å². The van der Waals surface area contributed by atoms with Crippen LogP contribution in [0.5, 0.6) is 5.75 Å². The molecule has 2 nitrogen and oxygen atoms in total. The van der Waals surface area contributed by atoms with Crippen LogP contribution in [0.15, 0.2) is 12.1 Å². The van der Waals surface area contributed by atoms with Gasteiger partial charge in [-0.05, 0) is 6.07 Å². The van der Waals surface area contributed by atoms with Crippen LogP contribution in [0, 0.1) is 11.3 Å². The summed E-state index contributed by atoms with van der Waals surface area (Å²) < 4.78 is 48.9. The molecule has 15 heavy (non-hydrogen) atoms. The van der Waals surface area contributed by atoms with Crippen LogP contribution >= 0.6 is 0 Å². The quantitative estimate of drug-likeness (QED) is 0.716. The summed E-state index contributed by atoms with van der Waals surface area (Å²) in [7, 11) is 0. The minimum Gasteiger partial charge on any atom is -0.872 e. The Labute approximate surface area is 82.4 Å². The van der Waals surface area contributed by atoms with E-state index in [1.54, 1.807) is 0 Å². The number of hydrogen-bond donors (Lipinski definition) is 0. The van der Waals surface area contributed by atoms with Gasteiger partial charge in [0.1, 0.15) is 0 Å². The average molecular weight is 218 g/mol. The lowest BCUT2D eigenvalue weighted by atomic mass is 10.0. The zero-order valence-corrected chi connectivity index (χ0v) is 7.18. The van der Waals surface area contributed by atoms with Gasteiger partial charge in [-0.15, -0.1) is 0 Å². The van der Waals surface area contributed by atoms with Gasteiger partial charge in [0.05, 0.1) is 11.6 Å². The van der Waals surface area contributed by atoms with E-state index in [1.807, 2.05) is 0 Å². The average Bonchev–Trinajstić information content (AvgIpc) is 2.16. The summed E-state index contributed by atoms with van der Waals surface area (Å²) in [6, 6.07) is 2.25. The Morgan fingerprint density at radius 3 is 2.13 bits per heavy atom. The number of halogens is 4. The topological polar surface area (TPSA) is 46.8 Å². The van der Waals surface area contributed by atoms with Crippen LogP contribution in [0.25, 0.3) is 0 Å². The molecule has 80 valence electrons. The van der Waals surface area contributed by atoms with Crippen molar-refractivity contribution in [3.63, 3.8) is 0 Å². The monoisotopic (exact) mass is 218 g/mol. The predicted molar refractivity (Wildman–Crippen MR) is 40.5 cm³/mol. The van der Waals surface area contributed by atoms with Crippen molar-refractivity contribution in [3.8, 4) is 11.8 Å². The SMILES string of the molecule is N#Cc1c([O-])cc(C(F)F)cc1C(F)F. The molecule has 0 aliphatic heterocycles. The van der Waals surface area contributed by atoms with Gasteiger partial charge in [0.25, 0.3) is 12.9 Å². The second kappa shape index (κ2) is 4.17. The second-order valence-corrected chi connectivity index (χ2v) is 2.70. The van der Waals surface area contributed by atoms with Crippen molar-refractivity contribution in [2.45, 2.75) is 12.9 Å². The molecular weight excluding hydrogens is 214 g/mol. The van der Waals surface area contributed by atoms with Crippen molar-refractivity contribution in [3.05, 3.63) is 28.8 Å². The number of rotatable bonds is 2. The van der Waals surface area contributed by atoms with Crippen molar-refractivity contribution in [2.24, 2.45) is 0 Å². The number of nitrogens with zero attached hydrogens (tertiary/aromatic N) is 1. The Balaban J connectivity index is 3.40. The third kappa shape index (κ3) is 2.18. The molecule has 0 bridgehead atoms. The lowest BCUT2D eigenvalue weighted by Gasteiger charge is -2.14. The summed E-state index contributed by atoms with van der Waals surface area (Å²) >= 11 is 0. The molecule has 6 heteroatoms. The molecule has 1 rings (SSSR count). The first-order chi connectivity index (χ1) is 6.97. The Kier molecular flexibility index (Phi) is 3.14. The molecule has 0 atom stereocenters. The molecule has 0 unspecified atom stereocenters. The van der Waals surface area contributed by atoms with Gasteiger partial charge < -0.3 is 5.11 Å². The summed E-state index contributed by atoms with van der Waals surface area (Å²) in [5, 5.41) is 19.4. The van der Waals surface area contributed by atoms with Gasteiger partial charge in [-0.3, -0.25) is 0 Å². The van der Waals surface area contributed by atoms with Crippen LogP contribution < -0.4 is 5.11 Å². The van der Waals surface area contributed by atoms with Crippen LogP contribution in [0.3, 0.4) is 0 Å². The summed E-state index contributed by atoms with van der Waals surface area (Å²) in [5.41, 5.74) is -2.52. The highest BCUT2D eigenvalue weighted by molar-refractivity contribution is 5.50. The minimum atomic E-state index is -3.12. The van der Waals surface area contributed by atoms with Crippen LogP contribution in [0.2, 0.25) is 0 Å². The first-order valence-corrected chi connectivity index (χ1v) is 3.78. The molecule has 0 heterocycles. The molecular formula is C9H4F4NO-. The van der Waals surface area contributed by atoms with Gasteiger partial charge in [-0.2, -0.15) is 5.26 Å². The van der Waals surface area contributed by atoms with Crippen molar-refractivity contribution >= 4 is 0 Å². The number of hydrogen-bond acceptors (Lipinski definition) is 2. The molecule has 0 N–H and O–H groups in total. The molecule has 0 aliphatic carbocycles. The maximum Gasteiger partial charge on any atom is 0.265 e. The maximum atomic E-state index is 12.3. The van der Waals surface area contributed by atoms with Gasteiger partial charge in [0, 0.05) is 11.1 Å². The van der Waals surface area contributed by atoms with E-state index < -0.39 is 35.3 Å². The normalized spacial score (nSPS) is 10.7. The maximum absolute atomic E-state index is 12.3. The molecule has 0 amide bonds. The fourth-order valence-corrected chi connectivity index (χ4v) is 1.08. The second-order valence-electron chi connectivity index (χ2n) is 2.70. The van der Waals surface area contributed by atoms with E-state index >= 15 is 0 Å². The van der Waals surface area contributed by atoms with Crippen LogP contribution in [-0.4, -0.2) is 0 Å². The van der Waals surface area contributed by atoms with E-state index in [9.17, 15) is 22.7 Å². The van der Waals surface area contributed by atoms with Gasteiger partial charge in [-0.25, -0.2) is 17.6 Å². The lowest BCUT2D eigenvalue weighted by Crippen LogP contribution is -2.02. The van der Waals surface area contributed by atoms with E-state index in [-0.39, 0.29) is 0 Å². The van der Waals surface area contributed by atoms with Crippen molar-refractivity contribution in [2.75, 3.05) is 0 Å².